The van der Waals surface area contributed by atoms with Gasteiger partial charge in [-0.2, -0.15) is 0 Å². The lowest BCUT2D eigenvalue weighted by Crippen LogP contribution is -2.33. The molecule has 1 fully saturated rings. The molecule has 1 saturated carbocycles. The molecule has 0 amide bonds. The van der Waals surface area contributed by atoms with E-state index in [1.807, 2.05) is 0 Å². The highest BCUT2D eigenvalue weighted by molar-refractivity contribution is 14.1. The monoisotopic (exact) mass is 287 g/mol. The Morgan fingerprint density at radius 2 is 2.00 bits per heavy atom. The van der Waals surface area contributed by atoms with Crippen LogP contribution in [0.4, 0.5) is 5.69 Å². The highest BCUT2D eigenvalue weighted by atomic mass is 127. The lowest BCUT2D eigenvalue weighted by atomic mass is 9.82. The Labute approximate surface area is 93.1 Å². The third-order valence-electron chi connectivity index (χ3n) is 2.61. The standard InChI is InChI=1S/C11H14IN/c1-8-6-9(7-8)13-11-5-3-2-4-10(11)12/h2-5,8-9,13H,6-7H2,1H3. The molecule has 0 spiro atoms. The molecule has 0 radical (unpaired) electrons. The van der Waals surface area contributed by atoms with E-state index in [0.717, 1.165) is 5.92 Å². The molecular weight excluding hydrogens is 273 g/mol. The number of para-hydroxylation sites is 1. The molecule has 0 saturated heterocycles. The summed E-state index contributed by atoms with van der Waals surface area (Å²) in [6, 6.07) is 9.18. The molecule has 0 bridgehead atoms. The second-order valence-electron chi connectivity index (χ2n) is 3.90. The maximum absolute atomic E-state index is 3.57. The first kappa shape index (κ1) is 9.31. The molecule has 2 rings (SSSR count). The Hall–Kier alpha value is -0.250. The molecule has 1 aliphatic carbocycles. The molecule has 0 aliphatic heterocycles. The predicted molar refractivity (Wildman–Crippen MR) is 65.0 cm³/mol. The molecule has 1 aromatic rings. The quantitative estimate of drug-likeness (QED) is 0.821. The smallest absolute Gasteiger partial charge is 0.0478 e. The van der Waals surface area contributed by atoms with Gasteiger partial charge in [0.15, 0.2) is 0 Å². The molecule has 1 N–H and O–H groups in total. The van der Waals surface area contributed by atoms with Crippen molar-refractivity contribution in [1.82, 2.24) is 0 Å². The Kier molecular flexibility index (Phi) is 2.77. The van der Waals surface area contributed by atoms with E-state index in [1.165, 1.54) is 22.1 Å². The van der Waals surface area contributed by atoms with Gasteiger partial charge in [0.25, 0.3) is 0 Å². The van der Waals surface area contributed by atoms with Gasteiger partial charge in [-0.3, -0.25) is 0 Å². The topological polar surface area (TPSA) is 12.0 Å². The predicted octanol–water partition coefficient (Wildman–Crippen LogP) is 3.50. The van der Waals surface area contributed by atoms with Crippen molar-refractivity contribution in [1.29, 1.82) is 0 Å². The Morgan fingerprint density at radius 3 is 2.62 bits per heavy atom. The zero-order valence-electron chi connectivity index (χ0n) is 7.76. The second-order valence-corrected chi connectivity index (χ2v) is 5.06. The van der Waals surface area contributed by atoms with Crippen molar-refractivity contribution in [3.63, 3.8) is 0 Å². The van der Waals surface area contributed by atoms with Crippen LogP contribution in [0.1, 0.15) is 19.8 Å². The van der Waals surface area contributed by atoms with Crippen molar-refractivity contribution in [2.75, 3.05) is 5.32 Å². The van der Waals surface area contributed by atoms with Crippen molar-refractivity contribution in [3.05, 3.63) is 27.8 Å². The first-order valence-electron chi connectivity index (χ1n) is 4.77. The minimum atomic E-state index is 0.714. The summed E-state index contributed by atoms with van der Waals surface area (Å²) in [6.45, 7) is 2.31. The van der Waals surface area contributed by atoms with Crippen LogP contribution in [0, 0.1) is 9.49 Å². The molecule has 1 aliphatic rings. The Balaban J connectivity index is 1.98. The summed E-state index contributed by atoms with van der Waals surface area (Å²) in [5.41, 5.74) is 1.29. The van der Waals surface area contributed by atoms with E-state index in [2.05, 4.69) is 59.1 Å². The molecule has 70 valence electrons. The first-order chi connectivity index (χ1) is 6.25. The fourth-order valence-corrected chi connectivity index (χ4v) is 2.36. The fourth-order valence-electron chi connectivity index (χ4n) is 1.82. The largest absolute Gasteiger partial charge is 0.381 e. The first-order valence-corrected chi connectivity index (χ1v) is 5.84. The molecular formula is C11H14IN. The molecule has 1 nitrogen and oxygen atoms in total. The number of nitrogens with one attached hydrogen (secondary N) is 1. The van der Waals surface area contributed by atoms with Gasteiger partial charge < -0.3 is 5.32 Å². The number of hydrogen-bond donors (Lipinski definition) is 1. The van der Waals surface area contributed by atoms with Crippen molar-refractivity contribution in [2.45, 2.75) is 25.8 Å². The third kappa shape index (κ3) is 2.16. The van der Waals surface area contributed by atoms with Crippen molar-refractivity contribution < 1.29 is 0 Å². The summed E-state index contributed by atoms with van der Waals surface area (Å²) in [5, 5.41) is 3.57. The van der Waals surface area contributed by atoms with Crippen LogP contribution in [0.25, 0.3) is 0 Å². The van der Waals surface area contributed by atoms with E-state index in [1.54, 1.807) is 0 Å². The van der Waals surface area contributed by atoms with Gasteiger partial charge in [0, 0.05) is 15.3 Å². The van der Waals surface area contributed by atoms with Gasteiger partial charge in [0.2, 0.25) is 0 Å². The maximum atomic E-state index is 3.57. The lowest BCUT2D eigenvalue weighted by molar-refractivity contribution is 0.309. The van der Waals surface area contributed by atoms with Crippen LogP contribution >= 0.6 is 22.6 Å². The zero-order chi connectivity index (χ0) is 9.26. The van der Waals surface area contributed by atoms with Crippen LogP contribution < -0.4 is 5.32 Å². The average Bonchev–Trinajstić information content (AvgIpc) is 2.06. The van der Waals surface area contributed by atoms with Gasteiger partial charge in [0.1, 0.15) is 0 Å². The lowest BCUT2D eigenvalue weighted by Gasteiger charge is -2.34. The van der Waals surface area contributed by atoms with Crippen LogP contribution in [-0.4, -0.2) is 6.04 Å². The highest BCUT2D eigenvalue weighted by Gasteiger charge is 2.25. The van der Waals surface area contributed by atoms with Gasteiger partial charge in [-0.05, 0) is 53.5 Å². The van der Waals surface area contributed by atoms with Gasteiger partial charge in [-0.15, -0.1) is 0 Å². The minimum Gasteiger partial charge on any atom is -0.381 e. The Morgan fingerprint density at radius 1 is 1.31 bits per heavy atom. The van der Waals surface area contributed by atoms with Crippen molar-refractivity contribution in [2.24, 2.45) is 5.92 Å². The zero-order valence-corrected chi connectivity index (χ0v) is 9.91. The normalized spacial score (nSPS) is 26.6. The van der Waals surface area contributed by atoms with Gasteiger partial charge in [-0.25, -0.2) is 0 Å². The van der Waals surface area contributed by atoms with E-state index in [9.17, 15) is 0 Å². The summed E-state index contributed by atoms with van der Waals surface area (Å²) in [6.07, 6.45) is 2.65. The van der Waals surface area contributed by atoms with Crippen LogP contribution in [0.5, 0.6) is 0 Å². The third-order valence-corrected chi connectivity index (χ3v) is 3.55. The number of benzene rings is 1. The van der Waals surface area contributed by atoms with Crippen LogP contribution in [0.3, 0.4) is 0 Å². The number of hydrogen-bond acceptors (Lipinski definition) is 1. The molecule has 13 heavy (non-hydrogen) atoms. The van der Waals surface area contributed by atoms with Gasteiger partial charge in [0.05, 0.1) is 0 Å². The number of rotatable bonds is 2. The molecule has 0 unspecified atom stereocenters. The van der Waals surface area contributed by atoms with E-state index in [-0.39, 0.29) is 0 Å². The van der Waals surface area contributed by atoms with Gasteiger partial charge >= 0.3 is 0 Å². The fraction of sp³-hybridized carbons (Fsp3) is 0.455. The molecule has 0 aromatic heterocycles. The molecule has 0 atom stereocenters. The summed E-state index contributed by atoms with van der Waals surface area (Å²) < 4.78 is 1.32. The second kappa shape index (κ2) is 3.86. The maximum Gasteiger partial charge on any atom is 0.0478 e. The van der Waals surface area contributed by atoms with Gasteiger partial charge in [-0.1, -0.05) is 19.1 Å². The van der Waals surface area contributed by atoms with Crippen LogP contribution in [0.15, 0.2) is 24.3 Å². The van der Waals surface area contributed by atoms with E-state index in [0.29, 0.717) is 6.04 Å². The SMILES string of the molecule is CC1CC(Nc2ccccc2I)C1. The summed E-state index contributed by atoms with van der Waals surface area (Å²) in [7, 11) is 0. The summed E-state index contributed by atoms with van der Waals surface area (Å²) >= 11 is 2.38. The average molecular weight is 287 g/mol. The van der Waals surface area contributed by atoms with Crippen molar-refractivity contribution >= 4 is 28.3 Å². The van der Waals surface area contributed by atoms with E-state index >= 15 is 0 Å². The summed E-state index contributed by atoms with van der Waals surface area (Å²) in [4.78, 5) is 0. The highest BCUT2D eigenvalue weighted by Crippen LogP contribution is 2.30. The molecule has 1 aromatic carbocycles. The van der Waals surface area contributed by atoms with E-state index in [4.69, 9.17) is 0 Å². The van der Waals surface area contributed by atoms with Crippen molar-refractivity contribution in [3.8, 4) is 0 Å². The Bertz CT molecular complexity index is 292. The molecule has 2 heteroatoms. The number of anilines is 1. The van der Waals surface area contributed by atoms with E-state index < -0.39 is 0 Å². The summed E-state index contributed by atoms with van der Waals surface area (Å²) in [5.74, 6) is 0.916. The molecule has 0 heterocycles. The van der Waals surface area contributed by atoms with Crippen LogP contribution in [0.2, 0.25) is 0 Å². The number of halogens is 1. The minimum absolute atomic E-state index is 0.714. The van der Waals surface area contributed by atoms with Crippen LogP contribution in [-0.2, 0) is 0 Å².